The summed E-state index contributed by atoms with van der Waals surface area (Å²) < 4.78 is 0. The number of nitrogens with zero attached hydrogens (tertiary/aromatic N) is 3. The zero-order valence-corrected chi connectivity index (χ0v) is 9.31. The number of rotatable bonds is 1. The molecule has 0 N–H and O–H groups in total. The van der Waals surface area contributed by atoms with Crippen molar-refractivity contribution >= 4 is 5.91 Å². The van der Waals surface area contributed by atoms with Crippen LogP contribution in [0.15, 0.2) is 18.3 Å². The van der Waals surface area contributed by atoms with E-state index in [0.717, 1.165) is 13.0 Å². The van der Waals surface area contributed by atoms with Crippen molar-refractivity contribution in [3.05, 3.63) is 29.6 Å². The average molecular weight is 225 g/mol. The number of nitriles is 1. The Bertz CT molecular complexity index is 534. The number of pyridine rings is 1. The molecular formula is C13H11N3O. The van der Waals surface area contributed by atoms with Crippen LogP contribution in [0.25, 0.3) is 0 Å². The first-order valence-electron chi connectivity index (χ1n) is 5.43. The molecule has 0 radical (unpaired) electrons. The Labute approximate surface area is 99.9 Å². The molecule has 1 amide bonds. The standard InChI is InChI=1S/C13H11N3O/c14-10-11-4-1-7-15-12(11)5-2-8-16-9-3-6-13(16)17/h1,4,7H,3,6,8-9H2. The van der Waals surface area contributed by atoms with Gasteiger partial charge in [-0.2, -0.15) is 5.26 Å². The van der Waals surface area contributed by atoms with Crippen molar-refractivity contribution in [1.82, 2.24) is 9.88 Å². The van der Waals surface area contributed by atoms with Gasteiger partial charge in [-0.05, 0) is 24.5 Å². The lowest BCUT2D eigenvalue weighted by molar-refractivity contribution is -0.127. The van der Waals surface area contributed by atoms with Crippen LogP contribution in [0.1, 0.15) is 24.1 Å². The van der Waals surface area contributed by atoms with E-state index in [9.17, 15) is 4.79 Å². The summed E-state index contributed by atoms with van der Waals surface area (Å²) in [5, 5.41) is 8.85. The highest BCUT2D eigenvalue weighted by molar-refractivity contribution is 5.78. The molecular weight excluding hydrogens is 214 g/mol. The minimum absolute atomic E-state index is 0.154. The zero-order chi connectivity index (χ0) is 12.1. The number of hydrogen-bond donors (Lipinski definition) is 0. The molecule has 0 unspecified atom stereocenters. The van der Waals surface area contributed by atoms with E-state index in [-0.39, 0.29) is 5.91 Å². The van der Waals surface area contributed by atoms with Gasteiger partial charge < -0.3 is 4.90 Å². The third kappa shape index (κ3) is 2.62. The number of carbonyl (C=O) groups excluding carboxylic acids is 1. The van der Waals surface area contributed by atoms with Crippen molar-refractivity contribution < 1.29 is 4.79 Å². The molecule has 0 aromatic carbocycles. The van der Waals surface area contributed by atoms with Gasteiger partial charge in [-0.3, -0.25) is 4.79 Å². The lowest BCUT2D eigenvalue weighted by Gasteiger charge is -2.09. The fourth-order valence-electron chi connectivity index (χ4n) is 1.69. The Morgan fingerprint density at radius 3 is 3.12 bits per heavy atom. The summed E-state index contributed by atoms with van der Waals surface area (Å²) in [6, 6.07) is 5.42. The van der Waals surface area contributed by atoms with E-state index in [1.54, 1.807) is 23.2 Å². The van der Waals surface area contributed by atoms with Crippen molar-refractivity contribution in [1.29, 1.82) is 5.26 Å². The van der Waals surface area contributed by atoms with Gasteiger partial charge in [0.2, 0.25) is 5.91 Å². The Balaban J connectivity index is 2.06. The second-order valence-electron chi connectivity index (χ2n) is 3.73. The highest BCUT2D eigenvalue weighted by Crippen LogP contribution is 2.08. The monoisotopic (exact) mass is 225 g/mol. The van der Waals surface area contributed by atoms with E-state index in [2.05, 4.69) is 16.8 Å². The van der Waals surface area contributed by atoms with Gasteiger partial charge in [0.1, 0.15) is 11.8 Å². The topological polar surface area (TPSA) is 57.0 Å². The number of hydrogen-bond acceptors (Lipinski definition) is 3. The smallest absolute Gasteiger partial charge is 0.223 e. The van der Waals surface area contributed by atoms with Crippen molar-refractivity contribution in [3.8, 4) is 17.9 Å². The molecule has 0 spiro atoms. The molecule has 1 aliphatic rings. The van der Waals surface area contributed by atoms with E-state index < -0.39 is 0 Å². The summed E-state index contributed by atoms with van der Waals surface area (Å²) in [7, 11) is 0. The van der Waals surface area contributed by atoms with Crippen LogP contribution in [0, 0.1) is 23.2 Å². The Morgan fingerprint density at radius 2 is 2.41 bits per heavy atom. The van der Waals surface area contributed by atoms with Gasteiger partial charge in [0.05, 0.1) is 12.1 Å². The van der Waals surface area contributed by atoms with Crippen LogP contribution in [0.5, 0.6) is 0 Å². The summed E-state index contributed by atoms with van der Waals surface area (Å²) in [6.07, 6.45) is 3.13. The van der Waals surface area contributed by atoms with Gasteiger partial charge in [0.25, 0.3) is 0 Å². The normalized spacial score (nSPS) is 14.1. The average Bonchev–Trinajstić information content (AvgIpc) is 2.76. The third-order valence-electron chi connectivity index (χ3n) is 2.58. The summed E-state index contributed by atoms with van der Waals surface area (Å²) >= 11 is 0. The molecule has 4 nitrogen and oxygen atoms in total. The van der Waals surface area contributed by atoms with Gasteiger partial charge in [0, 0.05) is 19.2 Å². The largest absolute Gasteiger partial charge is 0.332 e. The van der Waals surface area contributed by atoms with Gasteiger partial charge in [-0.15, -0.1) is 0 Å². The highest BCUT2D eigenvalue weighted by Gasteiger charge is 2.18. The summed E-state index contributed by atoms with van der Waals surface area (Å²) in [6.45, 7) is 1.20. The molecule has 17 heavy (non-hydrogen) atoms. The predicted molar refractivity (Wildman–Crippen MR) is 61.6 cm³/mol. The minimum Gasteiger partial charge on any atom is -0.332 e. The molecule has 1 aromatic heterocycles. The summed E-state index contributed by atoms with van der Waals surface area (Å²) in [5.74, 6) is 5.88. The van der Waals surface area contributed by atoms with Crippen LogP contribution in [-0.4, -0.2) is 28.9 Å². The van der Waals surface area contributed by atoms with Crippen molar-refractivity contribution in [2.75, 3.05) is 13.1 Å². The van der Waals surface area contributed by atoms with Crippen molar-refractivity contribution in [3.63, 3.8) is 0 Å². The maximum Gasteiger partial charge on any atom is 0.223 e. The molecule has 2 heterocycles. The van der Waals surface area contributed by atoms with E-state index in [4.69, 9.17) is 5.26 Å². The third-order valence-corrected chi connectivity index (χ3v) is 2.58. The van der Waals surface area contributed by atoms with E-state index in [0.29, 0.717) is 24.2 Å². The van der Waals surface area contributed by atoms with Crippen LogP contribution in [0.2, 0.25) is 0 Å². The molecule has 2 rings (SSSR count). The quantitative estimate of drug-likeness (QED) is 0.668. The number of likely N-dealkylation sites (tertiary alicyclic amines) is 1. The first-order valence-corrected chi connectivity index (χ1v) is 5.43. The molecule has 1 aliphatic heterocycles. The van der Waals surface area contributed by atoms with Crippen LogP contribution >= 0.6 is 0 Å². The first-order chi connectivity index (χ1) is 8.31. The SMILES string of the molecule is N#Cc1cccnc1C#CCN1CCCC1=O. The molecule has 0 atom stereocenters. The van der Waals surface area contributed by atoms with E-state index >= 15 is 0 Å². The summed E-state index contributed by atoms with van der Waals surface area (Å²) in [5.41, 5.74) is 0.939. The minimum atomic E-state index is 0.154. The first kappa shape index (κ1) is 11.2. The van der Waals surface area contributed by atoms with Crippen molar-refractivity contribution in [2.24, 2.45) is 0 Å². The lowest BCUT2D eigenvalue weighted by Crippen LogP contribution is -2.24. The summed E-state index contributed by atoms with van der Waals surface area (Å²) in [4.78, 5) is 17.1. The number of aromatic nitrogens is 1. The maximum absolute atomic E-state index is 11.3. The molecule has 0 saturated carbocycles. The van der Waals surface area contributed by atoms with Gasteiger partial charge in [-0.1, -0.05) is 5.92 Å². The molecule has 4 heteroatoms. The van der Waals surface area contributed by atoms with Crippen LogP contribution in [0.3, 0.4) is 0 Å². The highest BCUT2D eigenvalue weighted by atomic mass is 16.2. The molecule has 1 saturated heterocycles. The van der Waals surface area contributed by atoms with E-state index in [1.807, 2.05) is 6.07 Å². The van der Waals surface area contributed by atoms with Gasteiger partial charge in [-0.25, -0.2) is 4.98 Å². The molecule has 84 valence electrons. The van der Waals surface area contributed by atoms with Gasteiger partial charge in [0.15, 0.2) is 0 Å². The Hall–Kier alpha value is -2.33. The van der Waals surface area contributed by atoms with Crippen LogP contribution in [-0.2, 0) is 4.79 Å². The zero-order valence-electron chi connectivity index (χ0n) is 9.31. The van der Waals surface area contributed by atoms with Crippen LogP contribution in [0.4, 0.5) is 0 Å². The second kappa shape index (κ2) is 5.14. The fourth-order valence-corrected chi connectivity index (χ4v) is 1.69. The maximum atomic E-state index is 11.3. The predicted octanol–water partition coefficient (Wildman–Crippen LogP) is 0.927. The number of carbonyl (C=O) groups is 1. The van der Waals surface area contributed by atoms with Crippen LogP contribution < -0.4 is 0 Å². The Morgan fingerprint density at radius 1 is 1.53 bits per heavy atom. The van der Waals surface area contributed by atoms with E-state index in [1.165, 1.54) is 0 Å². The molecule has 1 fully saturated rings. The van der Waals surface area contributed by atoms with Crippen molar-refractivity contribution in [2.45, 2.75) is 12.8 Å². The Kier molecular flexibility index (Phi) is 3.37. The molecule has 1 aromatic rings. The molecule has 0 aliphatic carbocycles. The fraction of sp³-hybridized carbons (Fsp3) is 0.308. The lowest BCUT2D eigenvalue weighted by atomic mass is 10.2. The second-order valence-corrected chi connectivity index (χ2v) is 3.73. The van der Waals surface area contributed by atoms with Gasteiger partial charge >= 0.3 is 0 Å². The number of amides is 1. The molecule has 0 bridgehead atoms.